The van der Waals surface area contributed by atoms with E-state index in [2.05, 4.69) is 32.4 Å². The fraction of sp³-hybridized carbons (Fsp3) is 0.476. The summed E-state index contributed by atoms with van der Waals surface area (Å²) in [6.07, 6.45) is 4.57. The molecule has 2 amide bonds. The van der Waals surface area contributed by atoms with E-state index in [-0.39, 0.29) is 34.2 Å². The van der Waals surface area contributed by atoms with Gasteiger partial charge in [0.15, 0.2) is 0 Å². The van der Waals surface area contributed by atoms with Crippen molar-refractivity contribution in [3.63, 3.8) is 0 Å². The van der Waals surface area contributed by atoms with Crippen LogP contribution in [0.1, 0.15) is 50.0 Å². The van der Waals surface area contributed by atoms with Crippen LogP contribution in [0.15, 0.2) is 26.5 Å². The maximum Gasteiger partial charge on any atom is 0.323 e. The van der Waals surface area contributed by atoms with Crippen LogP contribution in [0.25, 0.3) is 0 Å². The number of benzene rings is 1. The molecule has 11 heteroatoms. The first kappa shape index (κ1) is 22.2. The van der Waals surface area contributed by atoms with Crippen LogP contribution in [-0.4, -0.2) is 46.4 Å². The van der Waals surface area contributed by atoms with Crippen LogP contribution in [-0.2, 0) is 5.54 Å². The highest BCUT2D eigenvalue weighted by atomic mass is 35.5. The van der Waals surface area contributed by atoms with Crippen LogP contribution < -0.4 is 11.1 Å². The zero-order valence-corrected chi connectivity index (χ0v) is 18.9. The van der Waals surface area contributed by atoms with Crippen molar-refractivity contribution in [1.82, 2.24) is 15.1 Å². The zero-order valence-electron chi connectivity index (χ0n) is 18.1. The quantitative estimate of drug-likeness (QED) is 0.528. The molecule has 0 saturated carbocycles. The van der Waals surface area contributed by atoms with Gasteiger partial charge < -0.3 is 20.4 Å². The lowest BCUT2D eigenvalue weighted by Crippen LogP contribution is -2.66. The molecule has 0 radical (unpaired) electrons. The summed E-state index contributed by atoms with van der Waals surface area (Å²) in [5.41, 5.74) is 5.63. The molecule has 3 heterocycles. The topological polar surface area (TPSA) is 122 Å². The number of halogens is 2. The SMILES string of the molecule is CN=CN=C(N)c1cc(NC(=O)N2C3CCC(C)CC2(c2nnc(C)o2)C3)cc(F)c1Cl. The molecule has 3 N–H and O–H groups in total. The van der Waals surface area contributed by atoms with Gasteiger partial charge in [-0.05, 0) is 37.3 Å². The van der Waals surface area contributed by atoms with E-state index in [1.165, 1.54) is 19.5 Å². The highest BCUT2D eigenvalue weighted by Gasteiger charge is 2.60. The third kappa shape index (κ3) is 3.83. The first-order chi connectivity index (χ1) is 15.2. The molecule has 2 fully saturated rings. The molecule has 32 heavy (non-hydrogen) atoms. The summed E-state index contributed by atoms with van der Waals surface area (Å²) < 4.78 is 20.2. The van der Waals surface area contributed by atoms with Crippen LogP contribution in [0.2, 0.25) is 5.02 Å². The van der Waals surface area contributed by atoms with Crippen molar-refractivity contribution in [1.29, 1.82) is 0 Å². The molecule has 0 aliphatic carbocycles. The molecule has 3 atom stereocenters. The number of aromatic nitrogens is 2. The van der Waals surface area contributed by atoms with Gasteiger partial charge in [0.2, 0.25) is 11.8 Å². The molecule has 1 aromatic carbocycles. The Balaban J connectivity index is 1.65. The largest absolute Gasteiger partial charge is 0.423 e. The number of amides is 2. The molecule has 170 valence electrons. The van der Waals surface area contributed by atoms with Gasteiger partial charge in [-0.3, -0.25) is 4.99 Å². The van der Waals surface area contributed by atoms with Gasteiger partial charge in [-0.2, -0.15) is 0 Å². The Hall–Kier alpha value is -3.01. The van der Waals surface area contributed by atoms with Gasteiger partial charge in [0.25, 0.3) is 0 Å². The van der Waals surface area contributed by atoms with E-state index in [1.807, 2.05) is 0 Å². The zero-order chi connectivity index (χ0) is 23.0. The van der Waals surface area contributed by atoms with Crippen LogP contribution in [0.5, 0.6) is 0 Å². The van der Waals surface area contributed by atoms with Crippen molar-refractivity contribution in [3.05, 3.63) is 40.3 Å². The van der Waals surface area contributed by atoms with Crippen LogP contribution in [0.3, 0.4) is 0 Å². The van der Waals surface area contributed by atoms with Crippen molar-refractivity contribution in [3.8, 4) is 0 Å². The number of aliphatic imine (C=N–C) groups is 2. The van der Waals surface area contributed by atoms with E-state index in [9.17, 15) is 9.18 Å². The molecule has 2 aliphatic rings. The highest BCUT2D eigenvalue weighted by molar-refractivity contribution is 6.34. The Labute approximate surface area is 189 Å². The number of anilines is 1. The number of carbonyl (C=O) groups excluding carboxylic acids is 1. The molecule has 2 bridgehead atoms. The number of hydrogen-bond acceptors (Lipinski definition) is 5. The Morgan fingerprint density at radius 1 is 1.41 bits per heavy atom. The predicted molar refractivity (Wildman–Crippen MR) is 120 cm³/mol. The second kappa shape index (κ2) is 8.50. The van der Waals surface area contributed by atoms with E-state index in [4.69, 9.17) is 21.8 Å². The molecule has 9 nitrogen and oxygen atoms in total. The lowest BCUT2D eigenvalue weighted by atomic mass is 9.75. The summed E-state index contributed by atoms with van der Waals surface area (Å²) in [7, 11) is 1.53. The van der Waals surface area contributed by atoms with Crippen LogP contribution >= 0.6 is 11.6 Å². The van der Waals surface area contributed by atoms with Crippen molar-refractivity contribution in [2.75, 3.05) is 12.4 Å². The summed E-state index contributed by atoms with van der Waals surface area (Å²) in [6, 6.07) is 2.31. The number of urea groups is 1. The van der Waals surface area contributed by atoms with Crippen LogP contribution in [0, 0.1) is 18.7 Å². The average molecular weight is 462 g/mol. The highest BCUT2D eigenvalue weighted by Crippen LogP contribution is 2.53. The number of carbonyl (C=O) groups is 1. The van der Waals surface area contributed by atoms with E-state index in [0.717, 1.165) is 31.7 Å². The average Bonchev–Trinajstić information content (AvgIpc) is 3.01. The normalized spacial score (nSPS) is 25.5. The summed E-state index contributed by atoms with van der Waals surface area (Å²) in [5, 5.41) is 10.8. The Bertz CT molecular complexity index is 1100. The summed E-state index contributed by atoms with van der Waals surface area (Å²) in [6.45, 7) is 3.88. The summed E-state index contributed by atoms with van der Waals surface area (Å²) >= 11 is 6.07. The minimum atomic E-state index is -0.719. The van der Waals surface area contributed by atoms with Crippen molar-refractivity contribution >= 4 is 35.5 Å². The van der Waals surface area contributed by atoms with E-state index < -0.39 is 11.4 Å². The predicted octanol–water partition coefficient (Wildman–Crippen LogP) is 3.86. The van der Waals surface area contributed by atoms with Gasteiger partial charge >= 0.3 is 6.03 Å². The first-order valence-electron chi connectivity index (χ1n) is 10.4. The minimum absolute atomic E-state index is 0.0140. The summed E-state index contributed by atoms with van der Waals surface area (Å²) in [4.78, 5) is 22.8. The minimum Gasteiger partial charge on any atom is -0.423 e. The molecule has 2 aliphatic heterocycles. The van der Waals surface area contributed by atoms with Gasteiger partial charge in [0.05, 0.1) is 5.02 Å². The molecular weight excluding hydrogens is 437 g/mol. The Morgan fingerprint density at radius 3 is 2.88 bits per heavy atom. The van der Waals surface area contributed by atoms with E-state index in [0.29, 0.717) is 17.7 Å². The standard InChI is InChI=1S/C21H25ClFN7O2/c1-11-4-5-14-9-21(8-11,19-29-28-12(2)32-19)30(14)20(31)27-13-6-15(17(22)16(23)7-13)18(24)26-10-25-3/h6-7,10-11,14H,4-5,8-9H2,1-3H3,(H,27,31)(H2,24,25,26). The molecule has 0 spiro atoms. The van der Waals surface area contributed by atoms with Crippen molar-refractivity contribution in [2.45, 2.75) is 51.1 Å². The Kier molecular flexibility index (Phi) is 5.89. The van der Waals surface area contributed by atoms with Crippen molar-refractivity contribution < 1.29 is 13.6 Å². The van der Waals surface area contributed by atoms with Crippen LogP contribution in [0.4, 0.5) is 14.9 Å². The summed E-state index contributed by atoms with van der Waals surface area (Å²) in [5.74, 6) is 0.543. The number of hydrogen-bond donors (Lipinski definition) is 2. The molecular formula is C21H25ClFN7O2. The lowest BCUT2D eigenvalue weighted by molar-refractivity contribution is -0.0517. The van der Waals surface area contributed by atoms with Gasteiger partial charge in [-0.1, -0.05) is 18.5 Å². The smallest absolute Gasteiger partial charge is 0.323 e. The molecule has 2 aromatic rings. The second-order valence-corrected chi connectivity index (χ2v) is 8.79. The third-order valence-electron chi connectivity index (χ3n) is 6.09. The van der Waals surface area contributed by atoms with E-state index >= 15 is 0 Å². The van der Waals surface area contributed by atoms with Gasteiger partial charge in [0.1, 0.15) is 23.5 Å². The fourth-order valence-electron chi connectivity index (χ4n) is 4.73. The monoisotopic (exact) mass is 461 g/mol. The number of fused-ring (bicyclic) bond motifs is 2. The van der Waals surface area contributed by atoms with Crippen molar-refractivity contribution in [2.24, 2.45) is 21.6 Å². The number of nitrogens with one attached hydrogen (secondary N) is 1. The van der Waals surface area contributed by atoms with Gasteiger partial charge in [0, 0.05) is 37.7 Å². The molecule has 1 aromatic heterocycles. The molecule has 2 saturated heterocycles. The fourth-order valence-corrected chi connectivity index (χ4v) is 4.93. The number of amidine groups is 1. The van der Waals surface area contributed by atoms with Gasteiger partial charge in [-0.25, -0.2) is 14.2 Å². The number of nitrogens with two attached hydrogens (primary N) is 1. The second-order valence-electron chi connectivity index (χ2n) is 8.41. The number of nitrogens with zero attached hydrogens (tertiary/aromatic N) is 5. The Morgan fingerprint density at radius 2 is 2.19 bits per heavy atom. The molecule has 4 rings (SSSR count). The number of rotatable bonds is 4. The number of aryl methyl sites for hydroxylation is 1. The molecule has 3 unspecified atom stereocenters. The first-order valence-corrected chi connectivity index (χ1v) is 10.8. The van der Waals surface area contributed by atoms with E-state index in [1.54, 1.807) is 11.8 Å². The third-order valence-corrected chi connectivity index (χ3v) is 6.47. The lowest BCUT2D eigenvalue weighted by Gasteiger charge is -2.55. The maximum absolute atomic E-state index is 14.5. The maximum atomic E-state index is 14.5. The van der Waals surface area contributed by atoms with Gasteiger partial charge in [-0.15, -0.1) is 10.2 Å².